The molecule has 0 aliphatic carbocycles. The molecule has 0 spiro atoms. The highest BCUT2D eigenvalue weighted by molar-refractivity contribution is 7.26. The van der Waals surface area contributed by atoms with Crippen LogP contribution in [0.5, 0.6) is 0 Å². The molecule has 0 saturated heterocycles. The maximum absolute atomic E-state index is 5.41. The van der Waals surface area contributed by atoms with E-state index in [0.29, 0.717) is 5.82 Å². The van der Waals surface area contributed by atoms with Crippen LogP contribution in [0.2, 0.25) is 0 Å². The van der Waals surface area contributed by atoms with Crippen LogP contribution in [0.1, 0.15) is 0 Å². The summed E-state index contributed by atoms with van der Waals surface area (Å²) >= 11 is 1.85. The first kappa shape index (κ1) is 35.9. The van der Waals surface area contributed by atoms with E-state index >= 15 is 0 Å². The second kappa shape index (κ2) is 14.9. The minimum atomic E-state index is 0.672. The normalized spacial score (nSPS) is 11.5. The maximum atomic E-state index is 5.41. The molecule has 12 aromatic rings. The van der Waals surface area contributed by atoms with Crippen LogP contribution >= 0.6 is 11.3 Å². The van der Waals surface area contributed by atoms with Gasteiger partial charge >= 0.3 is 0 Å². The number of pyridine rings is 1. The number of hydrogen-bond acceptors (Lipinski definition) is 4. The van der Waals surface area contributed by atoms with E-state index in [1.165, 1.54) is 25.7 Å². The topological polar surface area (TPSA) is 43.1 Å². The van der Waals surface area contributed by atoms with Gasteiger partial charge in [-0.25, -0.2) is 14.5 Å². The molecule has 0 unspecified atom stereocenters. The molecule has 0 bridgehead atoms. The molecule has 4 heterocycles. The van der Waals surface area contributed by atoms with E-state index < -0.39 is 0 Å². The number of thiophene rings is 1. The van der Waals surface area contributed by atoms with Crippen molar-refractivity contribution in [2.24, 2.45) is 0 Å². The van der Waals surface area contributed by atoms with Crippen LogP contribution in [0.3, 0.4) is 0 Å². The van der Waals surface area contributed by atoms with E-state index in [4.69, 9.17) is 15.1 Å². The molecule has 12 rings (SSSR count). The van der Waals surface area contributed by atoms with Gasteiger partial charge in [-0.1, -0.05) is 194 Å². The molecule has 0 N–H and O–H groups in total. The molecule has 0 atom stereocenters. The lowest BCUT2D eigenvalue weighted by Gasteiger charge is -2.12. The summed E-state index contributed by atoms with van der Waals surface area (Å²) in [7, 11) is 0. The van der Waals surface area contributed by atoms with Gasteiger partial charge in [0.25, 0.3) is 0 Å². The second-order valence-corrected chi connectivity index (χ2v) is 16.7. The van der Waals surface area contributed by atoms with Crippen molar-refractivity contribution in [1.29, 1.82) is 0 Å². The summed E-state index contributed by atoms with van der Waals surface area (Å²) < 4.78 is 4.73. The van der Waals surface area contributed by atoms with Crippen LogP contribution in [-0.2, 0) is 0 Å². The number of aromatic nitrogens is 4. The van der Waals surface area contributed by atoms with Crippen molar-refractivity contribution in [3.63, 3.8) is 0 Å². The number of hydrogen-bond donors (Lipinski definition) is 0. The van der Waals surface area contributed by atoms with Gasteiger partial charge < -0.3 is 0 Å². The Morgan fingerprint density at radius 2 is 0.968 bits per heavy atom. The summed E-state index contributed by atoms with van der Waals surface area (Å²) in [6.45, 7) is 0. The quantitative estimate of drug-likeness (QED) is 0.161. The molecule has 0 saturated carbocycles. The molecule has 0 fully saturated rings. The number of fused-ring (bicyclic) bond motifs is 6. The number of rotatable bonds is 7. The molecule has 0 aliphatic heterocycles. The summed E-state index contributed by atoms with van der Waals surface area (Å²) in [5.74, 6) is 0.672. The van der Waals surface area contributed by atoms with Crippen molar-refractivity contribution in [3.05, 3.63) is 218 Å². The Balaban J connectivity index is 0.992. The number of benzene rings is 8. The lowest BCUT2D eigenvalue weighted by Crippen LogP contribution is -1.97. The van der Waals surface area contributed by atoms with E-state index in [1.807, 2.05) is 17.4 Å². The zero-order chi connectivity index (χ0) is 41.0. The van der Waals surface area contributed by atoms with E-state index in [-0.39, 0.29) is 0 Å². The van der Waals surface area contributed by atoms with E-state index in [0.717, 1.165) is 83.6 Å². The fraction of sp³-hybridized carbons (Fsp3) is 0. The van der Waals surface area contributed by atoms with Crippen molar-refractivity contribution in [2.45, 2.75) is 0 Å². The first-order valence-corrected chi connectivity index (χ1v) is 21.7. The van der Waals surface area contributed by atoms with Gasteiger partial charge in [0.1, 0.15) is 5.69 Å². The van der Waals surface area contributed by atoms with Gasteiger partial charge in [-0.15, -0.1) is 11.3 Å². The zero-order valence-electron chi connectivity index (χ0n) is 33.5. The predicted octanol–water partition coefficient (Wildman–Crippen LogP) is 15.3. The van der Waals surface area contributed by atoms with Crippen molar-refractivity contribution in [2.75, 3.05) is 0 Å². The van der Waals surface area contributed by atoms with Crippen LogP contribution in [0.25, 0.3) is 115 Å². The van der Waals surface area contributed by atoms with Gasteiger partial charge in [-0.3, -0.25) is 0 Å². The molecule has 0 amide bonds. The Morgan fingerprint density at radius 3 is 1.74 bits per heavy atom. The molecule has 5 heteroatoms. The van der Waals surface area contributed by atoms with Crippen molar-refractivity contribution >= 4 is 47.8 Å². The monoisotopic (exact) mass is 808 g/mol. The third-order valence-corrected chi connectivity index (χ3v) is 13.1. The average molecular weight is 809 g/mol. The van der Waals surface area contributed by atoms with Gasteiger partial charge in [0.15, 0.2) is 5.82 Å². The van der Waals surface area contributed by atoms with E-state index in [9.17, 15) is 0 Å². The van der Waals surface area contributed by atoms with Gasteiger partial charge in [-0.2, -0.15) is 5.10 Å². The van der Waals surface area contributed by atoms with Crippen LogP contribution in [-0.4, -0.2) is 19.6 Å². The highest BCUT2D eigenvalue weighted by Crippen LogP contribution is 2.43. The van der Waals surface area contributed by atoms with Crippen LogP contribution in [0, 0.1) is 0 Å². The van der Waals surface area contributed by atoms with E-state index in [2.05, 4.69) is 217 Å². The van der Waals surface area contributed by atoms with Crippen LogP contribution < -0.4 is 0 Å². The average Bonchev–Trinajstić information content (AvgIpc) is 3.95. The van der Waals surface area contributed by atoms with Crippen molar-refractivity contribution in [3.8, 4) is 78.7 Å². The standard InChI is InChI=1S/C57H36N4S/c1-4-16-37(17-5-1)49-36-50(44-24-14-23-42(34-44)46-27-15-28-48-47-26-12-13-29-52(47)62-56(46)48)59-57(58-49)41-32-30-38(31-33-41)51-35-43-22-10-11-25-45(43)55-53(39-18-6-2-7-19-39)54(60-61(51)55)40-20-8-3-9-21-40/h1-36H. The van der Waals surface area contributed by atoms with Crippen molar-refractivity contribution < 1.29 is 0 Å². The Kier molecular flexibility index (Phi) is 8.65. The molecular weight excluding hydrogens is 773 g/mol. The first-order chi connectivity index (χ1) is 30.7. The predicted molar refractivity (Wildman–Crippen MR) is 259 cm³/mol. The minimum absolute atomic E-state index is 0.672. The largest absolute Gasteiger partial charge is 0.231 e. The third-order valence-electron chi connectivity index (χ3n) is 11.8. The molecule has 4 nitrogen and oxygen atoms in total. The van der Waals surface area contributed by atoms with E-state index in [1.54, 1.807) is 0 Å². The summed E-state index contributed by atoms with van der Waals surface area (Å²) in [6, 6.07) is 77.2. The second-order valence-electron chi connectivity index (χ2n) is 15.6. The Hall–Kier alpha value is -7.99. The minimum Gasteiger partial charge on any atom is -0.231 e. The van der Waals surface area contributed by atoms with Crippen LogP contribution in [0.15, 0.2) is 218 Å². The lowest BCUT2D eigenvalue weighted by molar-refractivity contribution is 0.979. The smallest absolute Gasteiger partial charge is 0.160 e. The third kappa shape index (κ3) is 6.18. The zero-order valence-corrected chi connectivity index (χ0v) is 34.3. The van der Waals surface area contributed by atoms with Crippen LogP contribution in [0.4, 0.5) is 0 Å². The van der Waals surface area contributed by atoms with Gasteiger partial charge in [0.2, 0.25) is 0 Å². The fourth-order valence-electron chi connectivity index (χ4n) is 8.86. The Labute approximate surface area is 362 Å². The highest BCUT2D eigenvalue weighted by Gasteiger charge is 2.22. The highest BCUT2D eigenvalue weighted by atomic mass is 32.1. The molecule has 62 heavy (non-hydrogen) atoms. The summed E-state index contributed by atoms with van der Waals surface area (Å²) in [5, 5.41) is 10.3. The Morgan fingerprint density at radius 1 is 0.387 bits per heavy atom. The molecule has 0 radical (unpaired) electrons. The lowest BCUT2D eigenvalue weighted by atomic mass is 9.97. The molecule has 290 valence electrons. The molecular formula is C57H36N4S. The van der Waals surface area contributed by atoms with Gasteiger partial charge in [0.05, 0.1) is 22.6 Å². The summed E-state index contributed by atoms with van der Waals surface area (Å²) in [4.78, 5) is 10.5. The number of nitrogens with zero attached hydrogens (tertiary/aromatic N) is 4. The summed E-state index contributed by atoms with van der Waals surface area (Å²) in [5.41, 5.74) is 14.6. The first-order valence-electron chi connectivity index (χ1n) is 20.9. The summed E-state index contributed by atoms with van der Waals surface area (Å²) in [6.07, 6.45) is 0. The maximum Gasteiger partial charge on any atom is 0.160 e. The molecule has 8 aromatic carbocycles. The van der Waals surface area contributed by atoms with Crippen molar-refractivity contribution in [1.82, 2.24) is 19.6 Å². The fourth-order valence-corrected chi connectivity index (χ4v) is 10.1. The molecule has 4 aromatic heterocycles. The Bertz CT molecular complexity index is 3610. The molecule has 0 aliphatic rings. The van der Waals surface area contributed by atoms with Gasteiger partial charge in [-0.05, 0) is 46.3 Å². The van der Waals surface area contributed by atoms with Gasteiger partial charge in [0, 0.05) is 58.9 Å². The SMILES string of the molecule is c1ccc(-c2cc(-c3cccc(-c4cccc5c4sc4ccccc45)c3)nc(-c3ccc(-c4cc5ccccc5c5c(-c6ccccc6)c(-c6ccccc6)nn45)cc3)n2)cc1.